The number of phenols is 1. The number of methoxy groups -OCH3 is 2. The zero-order chi connectivity index (χ0) is 26.9. The number of hydrogen-bond acceptors (Lipinski definition) is 5. The molecule has 1 rings (SSSR count). The first-order valence-corrected chi connectivity index (χ1v) is 13.7. The molecule has 1 aromatic rings. The van der Waals surface area contributed by atoms with E-state index >= 15 is 0 Å². The van der Waals surface area contributed by atoms with Crippen molar-refractivity contribution in [3.05, 3.63) is 11.1 Å². The van der Waals surface area contributed by atoms with Gasteiger partial charge in [0.15, 0.2) is 11.5 Å². The van der Waals surface area contributed by atoms with Gasteiger partial charge in [0.1, 0.15) is 4.90 Å². The number of phenolic OH excluding ortho intramolecular Hbond substituents is 1. The predicted molar refractivity (Wildman–Crippen MR) is 139 cm³/mol. The van der Waals surface area contributed by atoms with E-state index in [0.717, 1.165) is 12.8 Å². The fourth-order valence-electron chi connectivity index (χ4n) is 6.69. The smallest absolute Gasteiger partial charge is 0.298 e. The maximum absolute atomic E-state index is 12.7. The summed E-state index contributed by atoms with van der Waals surface area (Å²) < 4.78 is 46.7. The molecule has 0 radical (unpaired) electrons. The summed E-state index contributed by atoms with van der Waals surface area (Å²) in [6.45, 7) is 21.7. The molecule has 1 unspecified atom stereocenters. The molecule has 0 spiro atoms. The Morgan fingerprint density at radius 2 is 1.41 bits per heavy atom. The highest BCUT2D eigenvalue weighted by Crippen LogP contribution is 2.60. The first-order valence-electron chi connectivity index (χ1n) is 12.2. The van der Waals surface area contributed by atoms with Gasteiger partial charge in [-0.1, -0.05) is 75.7 Å². The van der Waals surface area contributed by atoms with E-state index in [0.29, 0.717) is 29.9 Å². The van der Waals surface area contributed by atoms with E-state index in [-0.39, 0.29) is 38.6 Å². The number of aromatic hydroxyl groups is 1. The minimum Gasteiger partial charge on any atom is -0.502 e. The first-order chi connectivity index (χ1) is 15.2. The molecule has 6 nitrogen and oxygen atoms in total. The summed E-state index contributed by atoms with van der Waals surface area (Å²) in [6, 6.07) is 0. The lowest BCUT2D eigenvalue weighted by atomic mass is 9.55. The van der Waals surface area contributed by atoms with Gasteiger partial charge in [0.25, 0.3) is 10.1 Å². The van der Waals surface area contributed by atoms with Crippen LogP contribution in [0.2, 0.25) is 0 Å². The molecule has 0 heterocycles. The third-order valence-corrected chi connectivity index (χ3v) is 7.37. The van der Waals surface area contributed by atoms with Gasteiger partial charge in [-0.15, -0.1) is 0 Å². The summed E-state index contributed by atoms with van der Waals surface area (Å²) >= 11 is 0. The quantitative estimate of drug-likeness (QED) is 0.311. The van der Waals surface area contributed by atoms with Crippen molar-refractivity contribution >= 4 is 10.1 Å². The Labute approximate surface area is 208 Å². The van der Waals surface area contributed by atoms with Crippen LogP contribution in [0.1, 0.15) is 106 Å². The molecule has 0 saturated heterocycles. The molecule has 7 heteroatoms. The topological polar surface area (TPSA) is 93.1 Å². The van der Waals surface area contributed by atoms with Gasteiger partial charge in [0.2, 0.25) is 5.75 Å². The minimum absolute atomic E-state index is 0.00815. The molecule has 0 aromatic heterocycles. The summed E-state index contributed by atoms with van der Waals surface area (Å²) in [7, 11) is -1.94. The van der Waals surface area contributed by atoms with Crippen LogP contribution in [-0.2, 0) is 16.5 Å². The number of benzene rings is 1. The maximum atomic E-state index is 12.7. The molecule has 0 aliphatic carbocycles. The van der Waals surface area contributed by atoms with Crippen LogP contribution >= 0.6 is 0 Å². The normalized spacial score (nSPS) is 14.4. The standard InChI is InChI=1S/C27H48O6S/c1-13-14-18-19(21(32-11)20(28)22(33-12)23(18)34(29,30)31)24(26(7,8)15-17(2)3)27(9,10)16-25(4,5)6/h17,24,28H,13-16H2,1-12H3,(H,29,30,31). The molecule has 198 valence electrons. The van der Waals surface area contributed by atoms with Crippen LogP contribution in [0, 0.1) is 22.2 Å². The van der Waals surface area contributed by atoms with Gasteiger partial charge in [-0.3, -0.25) is 4.55 Å². The van der Waals surface area contributed by atoms with E-state index in [9.17, 15) is 18.1 Å². The molecule has 0 bridgehead atoms. The van der Waals surface area contributed by atoms with Gasteiger partial charge < -0.3 is 14.6 Å². The van der Waals surface area contributed by atoms with Crippen molar-refractivity contribution in [1.29, 1.82) is 0 Å². The molecule has 0 fully saturated rings. The molecule has 0 aliphatic rings. The summed E-state index contributed by atoms with van der Waals surface area (Å²) in [5.41, 5.74) is 0.532. The van der Waals surface area contributed by atoms with Crippen LogP contribution in [0.5, 0.6) is 17.2 Å². The second-order valence-corrected chi connectivity index (χ2v) is 14.0. The zero-order valence-electron chi connectivity index (χ0n) is 23.4. The van der Waals surface area contributed by atoms with Crippen LogP contribution in [0.4, 0.5) is 0 Å². The largest absolute Gasteiger partial charge is 0.502 e. The van der Waals surface area contributed by atoms with E-state index in [1.807, 2.05) is 6.92 Å². The lowest BCUT2D eigenvalue weighted by Gasteiger charge is -2.49. The van der Waals surface area contributed by atoms with E-state index in [1.165, 1.54) is 14.2 Å². The molecule has 0 saturated carbocycles. The van der Waals surface area contributed by atoms with E-state index in [2.05, 4.69) is 62.3 Å². The maximum Gasteiger partial charge on any atom is 0.298 e. The number of ether oxygens (including phenoxy) is 2. The van der Waals surface area contributed by atoms with Crippen LogP contribution in [0.3, 0.4) is 0 Å². The van der Waals surface area contributed by atoms with Crippen molar-refractivity contribution in [3.63, 3.8) is 0 Å². The molecular formula is C27H48O6S. The molecule has 0 aliphatic heterocycles. The van der Waals surface area contributed by atoms with Crippen molar-refractivity contribution in [1.82, 2.24) is 0 Å². The number of hydrogen-bond donors (Lipinski definition) is 2. The Kier molecular flexibility index (Phi) is 9.57. The lowest BCUT2D eigenvalue weighted by molar-refractivity contribution is 0.0761. The predicted octanol–water partition coefficient (Wildman–Crippen LogP) is 7.23. The van der Waals surface area contributed by atoms with Crippen LogP contribution < -0.4 is 9.47 Å². The molecule has 1 aromatic carbocycles. The third-order valence-electron chi connectivity index (χ3n) is 6.42. The summed E-state index contributed by atoms with van der Waals surface area (Å²) in [4.78, 5) is -0.359. The first kappa shape index (κ1) is 30.6. The molecule has 1 atom stereocenters. The van der Waals surface area contributed by atoms with Crippen molar-refractivity contribution in [2.45, 2.75) is 106 Å². The average Bonchev–Trinajstić information content (AvgIpc) is 2.59. The van der Waals surface area contributed by atoms with E-state index in [4.69, 9.17) is 9.47 Å². The molecule has 2 N–H and O–H groups in total. The van der Waals surface area contributed by atoms with Crippen molar-refractivity contribution in [3.8, 4) is 17.2 Å². The number of rotatable bonds is 11. The SMILES string of the molecule is CCCc1c(C(C(C)(C)CC(C)C)C(C)(C)CC(C)(C)C)c(OC)c(O)c(OC)c1S(=O)(=O)O. The minimum atomic E-state index is -4.69. The third kappa shape index (κ3) is 6.81. The van der Waals surface area contributed by atoms with Gasteiger partial charge >= 0.3 is 0 Å². The van der Waals surface area contributed by atoms with Crippen molar-refractivity contribution in [2.24, 2.45) is 22.2 Å². The summed E-state index contributed by atoms with van der Waals surface area (Å²) in [5, 5.41) is 11.2. The van der Waals surface area contributed by atoms with E-state index < -0.39 is 15.9 Å². The fraction of sp³-hybridized carbons (Fsp3) is 0.778. The molecule has 0 amide bonds. The Balaban J connectivity index is 4.36. The molecular weight excluding hydrogens is 452 g/mol. The highest BCUT2D eigenvalue weighted by Gasteiger charge is 2.47. The second kappa shape index (κ2) is 10.7. The fourth-order valence-corrected chi connectivity index (χ4v) is 7.62. The summed E-state index contributed by atoms with van der Waals surface area (Å²) in [6.07, 6.45) is 2.77. The summed E-state index contributed by atoms with van der Waals surface area (Å²) in [5.74, 6) is -0.242. The van der Waals surface area contributed by atoms with E-state index in [1.54, 1.807) is 0 Å². The highest BCUT2D eigenvalue weighted by atomic mass is 32.2. The van der Waals surface area contributed by atoms with Crippen molar-refractivity contribution < 1.29 is 27.6 Å². The van der Waals surface area contributed by atoms with Gasteiger partial charge in [-0.2, -0.15) is 8.42 Å². The highest BCUT2D eigenvalue weighted by molar-refractivity contribution is 7.86. The van der Waals surface area contributed by atoms with Crippen LogP contribution in [-0.4, -0.2) is 32.3 Å². The van der Waals surface area contributed by atoms with Gasteiger partial charge in [0.05, 0.1) is 14.2 Å². The Morgan fingerprint density at radius 3 is 1.76 bits per heavy atom. The molecule has 34 heavy (non-hydrogen) atoms. The zero-order valence-corrected chi connectivity index (χ0v) is 24.2. The van der Waals surface area contributed by atoms with Gasteiger partial charge in [-0.05, 0) is 52.9 Å². The van der Waals surface area contributed by atoms with Crippen molar-refractivity contribution in [2.75, 3.05) is 14.2 Å². The average molecular weight is 501 g/mol. The van der Waals surface area contributed by atoms with Gasteiger partial charge in [-0.25, -0.2) is 0 Å². The monoisotopic (exact) mass is 500 g/mol. The van der Waals surface area contributed by atoms with Crippen LogP contribution in [0.15, 0.2) is 4.90 Å². The van der Waals surface area contributed by atoms with Crippen LogP contribution in [0.25, 0.3) is 0 Å². The van der Waals surface area contributed by atoms with Gasteiger partial charge in [0, 0.05) is 5.56 Å². The Bertz CT molecular complexity index is 953. The second-order valence-electron chi connectivity index (χ2n) is 12.6. The lowest BCUT2D eigenvalue weighted by Crippen LogP contribution is -2.38. The Morgan fingerprint density at radius 1 is 0.912 bits per heavy atom. The Hall–Kier alpha value is -1.47.